The topological polar surface area (TPSA) is 93.1 Å². The maximum atomic E-state index is 12.3. The Hall–Kier alpha value is -2.49. The number of likely N-dealkylation sites (N-methyl/N-ethyl adjacent to an activating group) is 1. The number of carbonyl (C=O) groups excluding carboxylic acids is 1. The number of nitrogens with zero attached hydrogens (tertiary/aromatic N) is 2. The van der Waals surface area contributed by atoms with Gasteiger partial charge in [-0.15, -0.1) is 11.3 Å². The minimum atomic E-state index is -3.72. The van der Waals surface area contributed by atoms with Gasteiger partial charge in [-0.25, -0.2) is 13.1 Å². The van der Waals surface area contributed by atoms with E-state index in [1.165, 1.54) is 7.05 Å². The van der Waals surface area contributed by atoms with Crippen molar-refractivity contribution < 1.29 is 13.2 Å². The fourth-order valence-electron chi connectivity index (χ4n) is 2.43. The number of aromatic nitrogens is 2. The highest BCUT2D eigenvalue weighted by Gasteiger charge is 2.18. The zero-order valence-electron chi connectivity index (χ0n) is 14.3. The molecule has 0 unspecified atom stereocenters. The molecule has 2 N–H and O–H groups in total. The number of nitrogens with one attached hydrogen (secondary N) is 2. The number of benzene rings is 1. The van der Waals surface area contributed by atoms with E-state index in [0.717, 1.165) is 33.0 Å². The van der Waals surface area contributed by atoms with Gasteiger partial charge in [-0.05, 0) is 29.8 Å². The van der Waals surface area contributed by atoms with E-state index in [0.29, 0.717) is 0 Å². The van der Waals surface area contributed by atoms with Gasteiger partial charge in [0.1, 0.15) is 4.21 Å². The molecule has 2 aromatic heterocycles. The van der Waals surface area contributed by atoms with E-state index in [9.17, 15) is 13.2 Å². The first-order valence-corrected chi connectivity index (χ1v) is 10.1. The molecule has 0 spiro atoms. The number of hydrogen-bond donors (Lipinski definition) is 2. The van der Waals surface area contributed by atoms with Crippen LogP contribution in [0.15, 0.2) is 52.9 Å². The lowest BCUT2D eigenvalue weighted by Crippen LogP contribution is -2.34. The first-order chi connectivity index (χ1) is 12.4. The number of thiophene rings is 1. The van der Waals surface area contributed by atoms with Crippen molar-refractivity contribution in [2.75, 3.05) is 13.6 Å². The Bertz CT molecular complexity index is 1040. The smallest absolute Gasteiger partial charge is 0.250 e. The van der Waals surface area contributed by atoms with Gasteiger partial charge in [0.25, 0.3) is 10.0 Å². The van der Waals surface area contributed by atoms with Crippen LogP contribution in [-0.4, -0.2) is 37.7 Å². The highest BCUT2D eigenvalue weighted by Crippen LogP contribution is 2.32. The molecule has 136 valence electrons. The van der Waals surface area contributed by atoms with Gasteiger partial charge in [0.2, 0.25) is 5.91 Å². The quantitative estimate of drug-likeness (QED) is 0.672. The molecule has 3 aromatic rings. The molecule has 3 rings (SSSR count). The number of carbonyl (C=O) groups is 1. The van der Waals surface area contributed by atoms with Crippen LogP contribution in [0, 0.1) is 0 Å². The summed E-state index contributed by atoms with van der Waals surface area (Å²) in [5.41, 5.74) is 2.89. The third-order valence-electron chi connectivity index (χ3n) is 3.81. The molecule has 1 aromatic carbocycles. The predicted octanol–water partition coefficient (Wildman–Crippen LogP) is 1.84. The molecule has 0 atom stereocenters. The van der Waals surface area contributed by atoms with E-state index in [-0.39, 0.29) is 10.8 Å². The van der Waals surface area contributed by atoms with E-state index in [2.05, 4.69) is 15.1 Å². The molecule has 9 heteroatoms. The van der Waals surface area contributed by atoms with Crippen molar-refractivity contribution in [2.24, 2.45) is 7.05 Å². The summed E-state index contributed by atoms with van der Waals surface area (Å²) in [7, 11) is -0.395. The molecule has 0 aliphatic heterocycles. The van der Waals surface area contributed by atoms with Crippen molar-refractivity contribution in [1.82, 2.24) is 19.8 Å². The summed E-state index contributed by atoms with van der Waals surface area (Å²) in [5, 5.41) is 6.55. The van der Waals surface area contributed by atoms with Gasteiger partial charge in [0.15, 0.2) is 0 Å². The number of aryl methyl sites for hydroxylation is 1. The molecule has 0 saturated heterocycles. The van der Waals surface area contributed by atoms with Crippen molar-refractivity contribution in [3.05, 3.63) is 48.7 Å². The Morgan fingerprint density at radius 3 is 2.65 bits per heavy atom. The van der Waals surface area contributed by atoms with Crippen LogP contribution in [0.4, 0.5) is 0 Å². The third kappa shape index (κ3) is 3.85. The minimum absolute atomic E-state index is 0.169. The highest BCUT2D eigenvalue weighted by molar-refractivity contribution is 7.91. The number of hydrogen-bond acceptors (Lipinski definition) is 5. The summed E-state index contributed by atoms with van der Waals surface area (Å²) in [4.78, 5) is 12.1. The zero-order valence-corrected chi connectivity index (χ0v) is 15.9. The molecular weight excluding hydrogens is 372 g/mol. The Balaban J connectivity index is 1.86. The second-order valence-corrected chi connectivity index (χ2v) is 8.61. The normalized spacial score (nSPS) is 11.5. The molecule has 0 aliphatic carbocycles. The van der Waals surface area contributed by atoms with Crippen LogP contribution in [0.2, 0.25) is 0 Å². The highest BCUT2D eigenvalue weighted by atomic mass is 32.2. The number of rotatable bonds is 6. The molecule has 0 fully saturated rings. The van der Waals surface area contributed by atoms with Crippen LogP contribution >= 0.6 is 11.3 Å². The first-order valence-electron chi connectivity index (χ1n) is 7.79. The van der Waals surface area contributed by atoms with Gasteiger partial charge in [-0.1, -0.05) is 18.2 Å². The van der Waals surface area contributed by atoms with Gasteiger partial charge in [-0.3, -0.25) is 9.48 Å². The van der Waals surface area contributed by atoms with Crippen LogP contribution < -0.4 is 10.0 Å². The van der Waals surface area contributed by atoms with Gasteiger partial charge in [0.05, 0.1) is 12.2 Å². The third-order valence-corrected chi connectivity index (χ3v) is 6.84. The average Bonchev–Trinajstić information content (AvgIpc) is 3.29. The molecule has 0 saturated carbocycles. The van der Waals surface area contributed by atoms with Crippen LogP contribution in [0.5, 0.6) is 0 Å². The minimum Gasteiger partial charge on any atom is -0.358 e. The summed E-state index contributed by atoms with van der Waals surface area (Å²) in [6, 6.07) is 13.1. The van der Waals surface area contributed by atoms with Crippen molar-refractivity contribution in [3.8, 4) is 21.7 Å². The Kier molecular flexibility index (Phi) is 5.21. The molecule has 26 heavy (non-hydrogen) atoms. The summed E-state index contributed by atoms with van der Waals surface area (Å²) in [6.45, 7) is -0.290. The summed E-state index contributed by atoms with van der Waals surface area (Å²) in [5.74, 6) is -0.394. The molecule has 1 amide bonds. The average molecular weight is 390 g/mol. The number of amides is 1. The zero-order chi connectivity index (χ0) is 18.7. The van der Waals surface area contributed by atoms with Crippen LogP contribution in [-0.2, 0) is 21.9 Å². The molecule has 0 radical (unpaired) electrons. The Morgan fingerprint density at radius 1 is 1.19 bits per heavy atom. The molecule has 2 heterocycles. The fourth-order valence-corrected chi connectivity index (χ4v) is 4.76. The van der Waals surface area contributed by atoms with E-state index in [1.54, 1.807) is 23.0 Å². The summed E-state index contributed by atoms with van der Waals surface area (Å²) in [6.07, 6.45) is 1.73. The van der Waals surface area contributed by atoms with Crippen molar-refractivity contribution in [1.29, 1.82) is 0 Å². The lowest BCUT2D eigenvalue weighted by molar-refractivity contribution is -0.119. The van der Waals surface area contributed by atoms with Gasteiger partial charge >= 0.3 is 0 Å². The molecule has 7 nitrogen and oxygen atoms in total. The van der Waals surface area contributed by atoms with Crippen molar-refractivity contribution in [3.63, 3.8) is 0 Å². The largest absolute Gasteiger partial charge is 0.358 e. The van der Waals surface area contributed by atoms with Gasteiger partial charge in [0, 0.05) is 30.7 Å². The molecule has 0 aliphatic rings. The van der Waals surface area contributed by atoms with E-state index < -0.39 is 15.9 Å². The van der Waals surface area contributed by atoms with Crippen molar-refractivity contribution in [2.45, 2.75) is 4.21 Å². The summed E-state index contributed by atoms with van der Waals surface area (Å²) < 4.78 is 28.9. The summed E-state index contributed by atoms with van der Waals surface area (Å²) >= 11 is 1.16. The van der Waals surface area contributed by atoms with Gasteiger partial charge in [-0.2, -0.15) is 5.10 Å². The standard InChI is InChI=1S/C17H18N4O3S2/c1-18-16(22)11-20-26(23,24)17-7-6-15(25-17)13-5-3-4-12(10-13)14-8-9-19-21(14)2/h3-10,20H,11H2,1-2H3,(H,18,22). The number of sulfonamides is 1. The Morgan fingerprint density at radius 2 is 1.96 bits per heavy atom. The molecule has 0 bridgehead atoms. The lowest BCUT2D eigenvalue weighted by atomic mass is 10.1. The van der Waals surface area contributed by atoms with Gasteiger partial charge < -0.3 is 5.32 Å². The van der Waals surface area contributed by atoms with E-state index in [1.807, 2.05) is 37.4 Å². The SMILES string of the molecule is CNC(=O)CNS(=O)(=O)c1ccc(-c2cccc(-c3ccnn3C)c2)s1. The monoisotopic (exact) mass is 390 g/mol. The van der Waals surface area contributed by atoms with Crippen LogP contribution in [0.25, 0.3) is 21.7 Å². The molecular formula is C17H18N4O3S2. The second kappa shape index (κ2) is 7.40. The Labute approximate surface area is 155 Å². The fraction of sp³-hybridized carbons (Fsp3) is 0.176. The first kappa shape index (κ1) is 18.3. The second-order valence-electron chi connectivity index (χ2n) is 5.54. The maximum absolute atomic E-state index is 12.3. The lowest BCUT2D eigenvalue weighted by Gasteiger charge is -2.05. The van der Waals surface area contributed by atoms with Crippen LogP contribution in [0.1, 0.15) is 0 Å². The van der Waals surface area contributed by atoms with E-state index in [4.69, 9.17) is 0 Å². The van der Waals surface area contributed by atoms with Crippen molar-refractivity contribution >= 4 is 27.3 Å². The van der Waals surface area contributed by atoms with E-state index >= 15 is 0 Å². The maximum Gasteiger partial charge on any atom is 0.250 e. The predicted molar refractivity (Wildman–Crippen MR) is 101 cm³/mol. The van der Waals surface area contributed by atoms with Crippen LogP contribution in [0.3, 0.4) is 0 Å².